The number of aldehydes is 1. The molecule has 0 unspecified atom stereocenters. The monoisotopic (exact) mass is 2240 g/mol. The molecule has 1 N–H and O–H groups in total. The number of aromatic nitrogens is 14. The van der Waals surface area contributed by atoms with Gasteiger partial charge in [-0.05, 0) is 212 Å². The third kappa shape index (κ3) is 32.5. The summed E-state index contributed by atoms with van der Waals surface area (Å²) in [7, 11) is 5.73. The fraction of sp³-hybridized carbons (Fsp3) is 0.223. The highest BCUT2D eigenvalue weighted by atomic mass is 79.9. The van der Waals surface area contributed by atoms with Crippen LogP contribution >= 0.6 is 98.8 Å². The van der Waals surface area contributed by atoms with Gasteiger partial charge in [0.25, 0.3) is 0 Å². The number of hydrogen-bond acceptors (Lipinski definition) is 31. The van der Waals surface area contributed by atoms with Gasteiger partial charge in [-0.25, -0.2) is 48.3 Å². The Kier molecular flexibility index (Phi) is 44.1. The molecular weight excluding hydrogens is 2140 g/mol. The number of carboxylic acid groups (broad SMARTS) is 1. The number of carboxylic acids is 1. The molecule has 1 aliphatic heterocycles. The number of halogens is 5. The van der Waals surface area contributed by atoms with Gasteiger partial charge in [0, 0.05) is 55.5 Å². The summed E-state index contributed by atoms with van der Waals surface area (Å²) >= 11 is 21.5. The lowest BCUT2D eigenvalue weighted by Crippen LogP contribution is -2.44. The van der Waals surface area contributed by atoms with Crippen LogP contribution in [0.3, 0.4) is 0 Å². The number of nitrogens with zero attached hydrogens (tertiary/aromatic N) is 15. The fourth-order valence-electron chi connectivity index (χ4n) is 13.7. The summed E-state index contributed by atoms with van der Waals surface area (Å²) in [6.45, 7) is 14.7. The first-order valence-electron chi connectivity index (χ1n) is 43.2. The molecule has 8 heterocycles. The van der Waals surface area contributed by atoms with Crippen molar-refractivity contribution in [3.05, 3.63) is 328 Å². The molecule has 732 valence electrons. The second-order valence-corrected chi connectivity index (χ2v) is 37.3. The maximum absolute atomic E-state index is 11.6. The molecule has 1 atom stereocenters. The highest BCUT2D eigenvalue weighted by Gasteiger charge is 2.30. The van der Waals surface area contributed by atoms with E-state index in [1.165, 1.54) is 89.1 Å². The smallest absolute Gasteiger partial charge is 0.320 e. The highest BCUT2D eigenvalue weighted by Crippen LogP contribution is 2.35. The Bertz CT molecular complexity index is 6630. The maximum Gasteiger partial charge on any atom is 0.320 e. The molecule has 1 fully saturated rings. The molecule has 38 heteroatoms. The highest BCUT2D eigenvalue weighted by molar-refractivity contribution is 9.11. The van der Waals surface area contributed by atoms with Gasteiger partial charge in [-0.1, -0.05) is 248 Å². The summed E-state index contributed by atoms with van der Waals surface area (Å²) < 4.78 is 78.6. The number of aliphatic carboxylic acids is 1. The minimum absolute atomic E-state index is 0.173. The lowest BCUT2D eigenvalue weighted by Gasteiger charge is -2.32. The largest absolute Gasteiger partial charge is 0.481 e. The van der Waals surface area contributed by atoms with Crippen LogP contribution in [0.15, 0.2) is 277 Å². The van der Waals surface area contributed by atoms with E-state index in [0.29, 0.717) is 99.6 Å². The van der Waals surface area contributed by atoms with E-state index in [1.54, 1.807) is 65.5 Å². The Labute approximate surface area is 866 Å². The maximum atomic E-state index is 11.6. The predicted octanol–water partition coefficient (Wildman–Crippen LogP) is 23.1. The number of methoxy groups -OCH3 is 6. The van der Waals surface area contributed by atoms with Gasteiger partial charge >= 0.3 is 30.0 Å². The number of carbonyl (C=O) groups is 2. The summed E-state index contributed by atoms with van der Waals surface area (Å²) in [4.78, 5) is 81.6. The quantitative estimate of drug-likeness (QED) is 0.0189. The SMILES string of the molecule is C=Cc1cnc(OCc2cccc(-c3ccccc3)c2C)nc1OC.COc1nc(OCc2cccc(-c3ccccc3)c2C)ncc1Br.COc1nc(OCc2cccc(-c3ccccc3)c2C)ncc1C=O.COc1nc(OCc2cccc(-c3ccccc3)c2C)ncc1CN1CCCC[C@H]1C(=O)O.COc1nc(S(C)(=O)=O)ncc1Br.COc1nc(SC)ncc1Br.CSc1ncc(Br)c(Cl)n1. The zero-order chi connectivity index (χ0) is 101. The normalized spacial score (nSPS) is 11.8. The lowest BCUT2D eigenvalue weighted by atomic mass is 9.97. The molecule has 141 heavy (non-hydrogen) atoms. The molecule has 30 nitrogen and oxygen atoms in total. The molecular formula is C103H102Br4ClN15O15S3. The van der Waals surface area contributed by atoms with E-state index in [4.69, 9.17) is 59.0 Å². The van der Waals surface area contributed by atoms with Gasteiger partial charge in [-0.15, -0.1) is 0 Å². The van der Waals surface area contributed by atoms with Crippen molar-refractivity contribution in [3.63, 3.8) is 0 Å². The second-order valence-electron chi connectivity index (χ2n) is 30.0. The molecule has 0 spiro atoms. The van der Waals surface area contributed by atoms with Crippen LogP contribution in [0.1, 0.15) is 85.3 Å². The molecule has 1 aliphatic rings. The molecule has 0 bridgehead atoms. The number of hydrogen-bond donors (Lipinski definition) is 1. The van der Waals surface area contributed by atoms with E-state index in [0.717, 1.165) is 95.8 Å². The first-order chi connectivity index (χ1) is 68.2. The van der Waals surface area contributed by atoms with Crippen LogP contribution in [0.5, 0.6) is 59.3 Å². The summed E-state index contributed by atoms with van der Waals surface area (Å²) in [6.07, 6.45) is 20.7. The average molecular weight is 2240 g/mol. The van der Waals surface area contributed by atoms with Gasteiger partial charge in [0.15, 0.2) is 16.6 Å². The van der Waals surface area contributed by atoms with Crippen molar-refractivity contribution < 1.29 is 70.5 Å². The molecule has 0 saturated carbocycles. The zero-order valence-corrected chi connectivity index (χ0v) is 88.9. The van der Waals surface area contributed by atoms with Crippen molar-refractivity contribution in [2.75, 3.05) is 68.0 Å². The predicted molar refractivity (Wildman–Crippen MR) is 561 cm³/mol. The van der Waals surface area contributed by atoms with Crippen LogP contribution < -0.4 is 47.4 Å². The van der Waals surface area contributed by atoms with E-state index >= 15 is 0 Å². The summed E-state index contributed by atoms with van der Waals surface area (Å²) in [5, 5.41) is 11.1. The van der Waals surface area contributed by atoms with E-state index in [-0.39, 0.29) is 40.5 Å². The molecule has 0 radical (unpaired) electrons. The van der Waals surface area contributed by atoms with Crippen LogP contribution in [0.4, 0.5) is 0 Å². The van der Waals surface area contributed by atoms with Gasteiger partial charge in [0.05, 0.1) is 77.9 Å². The number of benzene rings is 8. The minimum Gasteiger partial charge on any atom is -0.481 e. The van der Waals surface area contributed by atoms with Crippen LogP contribution in [-0.2, 0) is 47.6 Å². The molecule has 16 rings (SSSR count). The van der Waals surface area contributed by atoms with Crippen molar-refractivity contribution in [2.45, 2.75) is 101 Å². The van der Waals surface area contributed by atoms with Crippen molar-refractivity contribution >= 4 is 127 Å². The topological polar surface area (TPSA) is 365 Å². The van der Waals surface area contributed by atoms with Gasteiger partial charge < -0.3 is 52.5 Å². The fourth-order valence-corrected chi connectivity index (χ4v) is 16.3. The van der Waals surface area contributed by atoms with E-state index < -0.39 is 21.8 Å². The van der Waals surface area contributed by atoms with Crippen molar-refractivity contribution in [1.82, 2.24) is 74.7 Å². The van der Waals surface area contributed by atoms with Gasteiger partial charge in [0.2, 0.25) is 50.3 Å². The first-order valence-corrected chi connectivity index (χ1v) is 51.0. The number of thioether (sulfide) groups is 2. The Balaban J connectivity index is 0.000000175. The first kappa shape index (κ1) is 110. The Morgan fingerprint density at radius 3 is 1.12 bits per heavy atom. The molecule has 8 aromatic carbocycles. The molecule has 7 aromatic heterocycles. The number of piperidine rings is 1. The van der Waals surface area contributed by atoms with E-state index in [9.17, 15) is 23.1 Å². The summed E-state index contributed by atoms with van der Waals surface area (Å²) in [5.74, 6) is 1.51. The number of carbonyl (C=O) groups excluding carboxylic acids is 1. The van der Waals surface area contributed by atoms with Crippen molar-refractivity contribution in [2.24, 2.45) is 0 Å². The second kappa shape index (κ2) is 56.5. The lowest BCUT2D eigenvalue weighted by molar-refractivity contribution is -0.144. The Hall–Kier alpha value is -13.0. The van der Waals surface area contributed by atoms with Crippen LogP contribution in [0.25, 0.3) is 50.6 Å². The number of sulfone groups is 1. The average Bonchev–Trinajstić information content (AvgIpc) is 0.840. The summed E-state index contributed by atoms with van der Waals surface area (Å²) in [6, 6.07) is 66.3. The van der Waals surface area contributed by atoms with Crippen LogP contribution in [0.2, 0.25) is 5.15 Å². The van der Waals surface area contributed by atoms with Gasteiger partial charge in [0.1, 0.15) is 37.6 Å². The Morgan fingerprint density at radius 2 is 0.752 bits per heavy atom. The number of rotatable bonds is 30. The van der Waals surface area contributed by atoms with Gasteiger partial charge in [-0.2, -0.15) is 29.9 Å². The third-order valence-corrected chi connectivity index (χ3v) is 25.8. The standard InChI is InChI=1S/C26H29N3O4.C21H20N2O2.C20H18N2O3.C19H17BrN2O2.C6H7BrN2O3S.C6H7BrN2OS.C5H4BrClN2S/c1-18-20(11-8-12-22(18)19-9-4-3-5-10-19)17-33-26-27-15-21(24(28-26)32-2)16-29-14-7-6-13-23(29)25(30)31;1-4-16-13-22-21(23-20(16)24-3)25-14-18-11-8-12-19(15(18)2)17-9-6-5-7-10-17;1-14-16(9-6-10-18(14)15-7-4-3-5-8-15)13-25-20-21-11-17(12-23)19(22-20)24-2;1-13-15(9-6-10-16(13)14-7-4-3-5-8-14)12-24-19-21-11-17(20)18(22-19)23-2;1-12-5-4(7)3-8-6(9-5)13(2,10)11;1-10-5-4(7)3-8-6(9-5)11-2;1-10-5-8-2-3(6)4(7)9-5/h3-5,8-12,15,23H,6-7,13-14,16-17H2,1-2H3,(H,30,31);4-13H,1,14H2,2-3H3;3-12H,13H2,1-2H3;3-11H,12H2,1-2H3;3H,1-2H3;3H,1-2H3;2H,1H3/t23-;;;;;;/m0....../s1. The third-order valence-electron chi connectivity index (χ3n) is 21.1. The number of likely N-dealkylation sites (tertiary alicyclic amines) is 1. The van der Waals surface area contributed by atoms with Crippen LogP contribution in [0, 0.1) is 27.7 Å². The molecule has 1 saturated heterocycles. The minimum atomic E-state index is -3.38. The molecule has 15 aromatic rings. The molecule has 0 aliphatic carbocycles. The van der Waals surface area contributed by atoms with E-state index in [1.807, 2.05) is 127 Å². The van der Waals surface area contributed by atoms with Crippen molar-refractivity contribution in [3.8, 4) is 104 Å². The molecule has 0 amide bonds. The van der Waals surface area contributed by atoms with Gasteiger partial charge in [-0.3, -0.25) is 14.5 Å². The van der Waals surface area contributed by atoms with E-state index in [2.05, 4.69) is 253 Å². The Morgan fingerprint density at radius 1 is 0.418 bits per heavy atom. The zero-order valence-electron chi connectivity index (χ0n) is 79.3. The van der Waals surface area contributed by atoms with Crippen molar-refractivity contribution in [1.29, 1.82) is 0 Å². The van der Waals surface area contributed by atoms with Crippen LogP contribution in [-0.4, -0.2) is 174 Å². The summed E-state index contributed by atoms with van der Waals surface area (Å²) in [5.41, 5.74) is 20.2. The number of ether oxygens (including phenoxy) is 10.